The third-order valence-corrected chi connectivity index (χ3v) is 10.3. The maximum Gasteiger partial charge on any atom is 0.285 e. The van der Waals surface area contributed by atoms with Gasteiger partial charge in [0.05, 0.1) is 0 Å². The summed E-state index contributed by atoms with van der Waals surface area (Å²) in [6.45, 7) is 0. The lowest BCUT2D eigenvalue weighted by Gasteiger charge is -2.20. The molecule has 0 saturated carbocycles. The summed E-state index contributed by atoms with van der Waals surface area (Å²) in [7, 11) is -4.53. The van der Waals surface area contributed by atoms with Crippen LogP contribution in [0.3, 0.4) is 0 Å². The molecule has 2 atom stereocenters. The molecule has 2 rings (SSSR count). The Hall–Kier alpha value is -0.170. The maximum atomic E-state index is 11.2. The smallest absolute Gasteiger partial charge is 0.284 e. The van der Waals surface area contributed by atoms with Crippen LogP contribution >= 0.6 is 22.7 Å². The van der Waals surface area contributed by atoms with Crippen molar-refractivity contribution in [2.75, 3.05) is 11.5 Å². The highest BCUT2D eigenvalue weighted by Crippen LogP contribution is 2.49. The lowest BCUT2D eigenvalue weighted by Crippen LogP contribution is -2.14. The monoisotopic (exact) mass is 278 g/mol. The molecular weight excluding hydrogens is 264 g/mol. The third-order valence-electron chi connectivity index (χ3n) is 2.42. The number of benzene rings is 1. The van der Waals surface area contributed by atoms with E-state index in [1.165, 1.54) is 11.8 Å². The molecule has 1 aliphatic heterocycles. The Morgan fingerprint density at radius 3 is 2.69 bits per heavy atom. The van der Waals surface area contributed by atoms with E-state index in [0.29, 0.717) is 0 Å². The number of thiol groups is 1. The van der Waals surface area contributed by atoms with Gasteiger partial charge in [-0.1, -0.05) is 30.3 Å². The Bertz CT molecular complexity index is 444. The first-order valence-corrected chi connectivity index (χ1v) is 9.26. The molecule has 3 nitrogen and oxygen atoms in total. The molecule has 0 aromatic heterocycles. The fraction of sp³-hybridized carbons (Fsp3) is 0.400. The van der Waals surface area contributed by atoms with Crippen molar-refractivity contribution in [3.63, 3.8) is 0 Å². The quantitative estimate of drug-likeness (QED) is 0.657. The first-order valence-electron chi connectivity index (χ1n) is 4.93. The van der Waals surface area contributed by atoms with Crippen LogP contribution in [0.25, 0.3) is 0 Å². The highest BCUT2D eigenvalue weighted by Gasteiger charge is 2.34. The average molecular weight is 278 g/mol. The first-order chi connectivity index (χ1) is 7.57. The normalized spacial score (nSPS) is 28.1. The zero-order chi connectivity index (χ0) is 11.6. The van der Waals surface area contributed by atoms with Crippen molar-refractivity contribution in [2.45, 2.75) is 9.67 Å². The van der Waals surface area contributed by atoms with Gasteiger partial charge in [-0.25, -0.2) is 10.9 Å². The second-order valence-electron chi connectivity index (χ2n) is 3.65. The third kappa shape index (κ3) is 2.94. The molecule has 0 amide bonds. The van der Waals surface area contributed by atoms with E-state index in [1.54, 1.807) is 0 Å². The van der Waals surface area contributed by atoms with E-state index in [-0.39, 0.29) is 0 Å². The van der Waals surface area contributed by atoms with Crippen molar-refractivity contribution in [3.8, 4) is 0 Å². The lowest BCUT2D eigenvalue weighted by atomic mass is 10.2. The Morgan fingerprint density at radius 2 is 2.06 bits per heavy atom. The fourth-order valence-corrected chi connectivity index (χ4v) is 9.21. The summed E-state index contributed by atoms with van der Waals surface area (Å²) in [6.07, 6.45) is 0. The summed E-state index contributed by atoms with van der Waals surface area (Å²) in [5, 5.41) is 0. The number of hydrogen-bond acceptors (Lipinski definition) is 3. The van der Waals surface area contributed by atoms with Crippen LogP contribution in [0.15, 0.2) is 30.3 Å². The molecule has 0 bridgehead atoms. The fourth-order valence-electron chi connectivity index (χ4n) is 1.73. The van der Waals surface area contributed by atoms with E-state index in [9.17, 15) is 8.42 Å². The standard InChI is InChI=1S/C10H14O3S3/c11-16(12,13)10-14-6-7-15(10)8-9-4-2-1-3-5-9/h1-5,10,15H,6-8H2,(H,11,12,13). The minimum atomic E-state index is -3.88. The second kappa shape index (κ2) is 5.00. The lowest BCUT2D eigenvalue weighted by molar-refractivity contribution is 0.487. The second-order valence-corrected chi connectivity index (χ2v) is 9.82. The van der Waals surface area contributed by atoms with E-state index in [1.807, 2.05) is 30.3 Å². The Labute approximate surface area is 103 Å². The number of rotatable bonds is 3. The minimum Gasteiger partial charge on any atom is -0.284 e. The van der Waals surface area contributed by atoms with Gasteiger partial charge in [-0.3, -0.25) is 4.55 Å². The van der Waals surface area contributed by atoms with Crippen LogP contribution in [-0.4, -0.2) is 28.4 Å². The summed E-state index contributed by atoms with van der Waals surface area (Å²) in [5.74, 6) is 2.54. The summed E-state index contributed by atoms with van der Waals surface area (Å²) in [6, 6.07) is 9.87. The van der Waals surface area contributed by atoms with Gasteiger partial charge in [0.25, 0.3) is 10.1 Å². The van der Waals surface area contributed by atoms with Gasteiger partial charge in [0.2, 0.25) is 0 Å². The van der Waals surface area contributed by atoms with Crippen LogP contribution in [0.1, 0.15) is 5.56 Å². The number of hydrogen-bond donors (Lipinski definition) is 2. The summed E-state index contributed by atoms with van der Waals surface area (Å²) in [5.41, 5.74) is 1.16. The van der Waals surface area contributed by atoms with Gasteiger partial charge in [0.15, 0.2) is 3.91 Å². The van der Waals surface area contributed by atoms with E-state index >= 15 is 0 Å². The van der Waals surface area contributed by atoms with Gasteiger partial charge in [0.1, 0.15) is 0 Å². The van der Waals surface area contributed by atoms with Gasteiger partial charge in [-0.05, 0) is 11.3 Å². The van der Waals surface area contributed by atoms with E-state index in [0.717, 1.165) is 22.8 Å². The van der Waals surface area contributed by atoms with Crippen LogP contribution in [0.4, 0.5) is 0 Å². The summed E-state index contributed by atoms with van der Waals surface area (Å²) in [4.78, 5) is 0. The molecule has 1 saturated heterocycles. The molecule has 6 heteroatoms. The van der Waals surface area contributed by atoms with Crippen molar-refractivity contribution in [1.29, 1.82) is 0 Å². The molecule has 1 fully saturated rings. The topological polar surface area (TPSA) is 54.4 Å². The van der Waals surface area contributed by atoms with E-state index < -0.39 is 24.9 Å². The van der Waals surface area contributed by atoms with Gasteiger partial charge in [-0.2, -0.15) is 8.42 Å². The molecule has 1 aromatic carbocycles. The number of thioether (sulfide) groups is 1. The van der Waals surface area contributed by atoms with Crippen LogP contribution in [-0.2, 0) is 15.9 Å². The Balaban J connectivity index is 2.11. The Morgan fingerprint density at radius 1 is 1.38 bits per heavy atom. The zero-order valence-corrected chi connectivity index (χ0v) is 11.1. The molecule has 1 N–H and O–H groups in total. The van der Waals surface area contributed by atoms with Crippen LogP contribution < -0.4 is 0 Å². The van der Waals surface area contributed by atoms with Gasteiger partial charge < -0.3 is 0 Å². The largest absolute Gasteiger partial charge is 0.285 e. The average Bonchev–Trinajstić information content (AvgIpc) is 2.67. The first kappa shape index (κ1) is 12.3. The highest BCUT2D eigenvalue weighted by atomic mass is 32.3. The molecule has 1 aromatic rings. The van der Waals surface area contributed by atoms with E-state index in [4.69, 9.17) is 4.55 Å². The van der Waals surface area contributed by atoms with Crippen LogP contribution in [0, 0.1) is 0 Å². The summed E-state index contributed by atoms with van der Waals surface area (Å²) < 4.78 is 30.9. The molecule has 1 heterocycles. The Kier molecular flexibility index (Phi) is 3.84. The van der Waals surface area contributed by atoms with Gasteiger partial charge in [-0.15, -0.1) is 11.8 Å². The van der Waals surface area contributed by atoms with Crippen LogP contribution in [0.2, 0.25) is 0 Å². The van der Waals surface area contributed by atoms with Crippen molar-refractivity contribution >= 4 is 32.8 Å². The van der Waals surface area contributed by atoms with Gasteiger partial charge >= 0.3 is 0 Å². The molecule has 90 valence electrons. The molecule has 16 heavy (non-hydrogen) atoms. The summed E-state index contributed by atoms with van der Waals surface area (Å²) >= 11 is 1.37. The van der Waals surface area contributed by atoms with Crippen molar-refractivity contribution in [1.82, 2.24) is 0 Å². The molecule has 0 aliphatic carbocycles. The molecule has 2 unspecified atom stereocenters. The van der Waals surface area contributed by atoms with Crippen molar-refractivity contribution in [3.05, 3.63) is 35.9 Å². The zero-order valence-electron chi connectivity index (χ0n) is 8.61. The molecule has 1 aliphatic rings. The maximum absolute atomic E-state index is 11.2. The minimum absolute atomic E-state index is 0.581. The molecule has 0 radical (unpaired) electrons. The van der Waals surface area contributed by atoms with Gasteiger partial charge in [0, 0.05) is 11.5 Å². The molecular formula is C10H14O3S3. The van der Waals surface area contributed by atoms with Crippen molar-refractivity contribution in [2.24, 2.45) is 0 Å². The predicted octanol–water partition coefficient (Wildman–Crippen LogP) is 2.11. The molecule has 0 spiro atoms. The van der Waals surface area contributed by atoms with Crippen LogP contribution in [0.5, 0.6) is 0 Å². The van der Waals surface area contributed by atoms with E-state index in [2.05, 4.69) is 0 Å². The van der Waals surface area contributed by atoms with Crippen molar-refractivity contribution < 1.29 is 13.0 Å². The SMILES string of the molecule is O=S(=O)(O)C1SCC[SH]1Cc1ccccc1. The highest BCUT2D eigenvalue weighted by molar-refractivity contribution is 8.38. The predicted molar refractivity (Wildman–Crippen MR) is 71.8 cm³/mol.